The second-order valence-corrected chi connectivity index (χ2v) is 2.59. The van der Waals surface area contributed by atoms with Crippen LogP contribution >= 0.6 is 11.6 Å². The third-order valence-corrected chi connectivity index (χ3v) is 1.24. The van der Waals surface area contributed by atoms with Crippen LogP contribution in [0.4, 0.5) is 13.2 Å². The van der Waals surface area contributed by atoms with E-state index in [9.17, 15) is 13.2 Å². The highest BCUT2D eigenvalue weighted by molar-refractivity contribution is 6.17. The molecule has 0 heterocycles. The summed E-state index contributed by atoms with van der Waals surface area (Å²) >= 11 is 5.30. The Hall–Kier alpha value is -0.0400. The van der Waals surface area contributed by atoms with Gasteiger partial charge in [0.15, 0.2) is 0 Å². The minimum absolute atomic E-state index is 0.107. The first-order chi connectivity index (χ1) is 6.56. The van der Waals surface area contributed by atoms with Crippen LogP contribution in [0.25, 0.3) is 0 Å². The zero-order chi connectivity index (χ0) is 10.9. The van der Waals surface area contributed by atoms with Crippen LogP contribution in [0.15, 0.2) is 0 Å². The summed E-state index contributed by atoms with van der Waals surface area (Å²) in [5.41, 5.74) is 0. The molecule has 0 aliphatic heterocycles. The number of alkyl halides is 4. The second kappa shape index (κ2) is 8.28. The highest BCUT2D eigenvalue weighted by Crippen LogP contribution is 2.15. The fraction of sp³-hybridized carbons (Fsp3) is 1.00. The summed E-state index contributed by atoms with van der Waals surface area (Å²) in [6.07, 6.45) is -4.58. The molecule has 0 bridgehead atoms. The highest BCUT2D eigenvalue weighted by Gasteiger charge is 2.28. The maximum Gasteiger partial charge on any atom is 0.522 e. The van der Waals surface area contributed by atoms with Gasteiger partial charge in [-0.25, -0.2) is 0 Å². The Kier molecular flexibility index (Phi) is 8.26. The third kappa shape index (κ3) is 12.0. The monoisotopic (exact) mass is 236 g/mol. The summed E-state index contributed by atoms with van der Waals surface area (Å²) in [6.45, 7) is 0.351. The van der Waals surface area contributed by atoms with Gasteiger partial charge in [0.1, 0.15) is 0 Å². The maximum absolute atomic E-state index is 11.4. The molecule has 0 aliphatic rings. The normalized spacial score (nSPS) is 12.0. The van der Waals surface area contributed by atoms with Crippen molar-refractivity contribution in [3.05, 3.63) is 0 Å². The van der Waals surface area contributed by atoms with E-state index in [1.165, 1.54) is 0 Å². The highest BCUT2D eigenvalue weighted by atomic mass is 35.5. The van der Waals surface area contributed by atoms with E-state index in [1.54, 1.807) is 0 Å². The molecule has 0 spiro atoms. The average Bonchev–Trinajstić information content (AvgIpc) is 2.08. The van der Waals surface area contributed by atoms with Gasteiger partial charge in [0.05, 0.1) is 33.0 Å². The molecule has 0 aromatic heterocycles. The van der Waals surface area contributed by atoms with Crippen LogP contribution in [-0.4, -0.2) is 45.3 Å². The quantitative estimate of drug-likeness (QED) is 0.475. The lowest BCUT2D eigenvalue weighted by atomic mass is 10.7. The topological polar surface area (TPSA) is 27.7 Å². The lowest BCUT2D eigenvalue weighted by Crippen LogP contribution is -2.18. The Bertz CT molecular complexity index is 132. The number of hydrogen-bond donors (Lipinski definition) is 0. The number of rotatable bonds is 8. The molecule has 0 saturated heterocycles. The van der Waals surface area contributed by atoms with Gasteiger partial charge < -0.3 is 9.47 Å². The van der Waals surface area contributed by atoms with E-state index >= 15 is 0 Å². The smallest absolute Gasteiger partial charge is 0.378 e. The van der Waals surface area contributed by atoms with E-state index in [4.69, 9.17) is 21.1 Å². The lowest BCUT2D eigenvalue weighted by Gasteiger charge is -2.07. The van der Waals surface area contributed by atoms with Crippen LogP contribution in [-0.2, 0) is 14.2 Å². The number of hydrogen-bond acceptors (Lipinski definition) is 3. The Morgan fingerprint density at radius 1 is 0.857 bits per heavy atom. The van der Waals surface area contributed by atoms with Gasteiger partial charge in [0, 0.05) is 5.88 Å². The fourth-order valence-corrected chi connectivity index (χ4v) is 0.702. The zero-order valence-corrected chi connectivity index (χ0v) is 8.24. The number of ether oxygens (including phenoxy) is 3. The van der Waals surface area contributed by atoms with Crippen molar-refractivity contribution in [2.24, 2.45) is 0 Å². The molecule has 3 nitrogen and oxygen atoms in total. The van der Waals surface area contributed by atoms with E-state index in [2.05, 4.69) is 4.74 Å². The second-order valence-electron chi connectivity index (χ2n) is 2.21. The molecular weight excluding hydrogens is 225 g/mol. The summed E-state index contributed by atoms with van der Waals surface area (Å²) in [5.74, 6) is 0.386. The molecule has 0 radical (unpaired) electrons. The predicted molar refractivity (Wildman–Crippen MR) is 44.4 cm³/mol. The first-order valence-electron chi connectivity index (χ1n) is 3.98. The molecule has 0 aromatic rings. The molecular formula is C7H12ClF3O3. The van der Waals surface area contributed by atoms with Crippen molar-refractivity contribution in [2.45, 2.75) is 6.36 Å². The van der Waals surface area contributed by atoms with Gasteiger partial charge in [-0.2, -0.15) is 0 Å². The third-order valence-electron chi connectivity index (χ3n) is 1.09. The summed E-state index contributed by atoms with van der Waals surface area (Å²) in [4.78, 5) is 0. The zero-order valence-electron chi connectivity index (χ0n) is 7.48. The molecule has 0 atom stereocenters. The van der Waals surface area contributed by atoms with E-state index in [0.29, 0.717) is 19.1 Å². The molecule has 0 rings (SSSR count). The Labute approximate surface area is 85.1 Å². The van der Waals surface area contributed by atoms with Crippen LogP contribution in [0.1, 0.15) is 0 Å². The molecule has 7 heteroatoms. The summed E-state index contributed by atoms with van der Waals surface area (Å²) in [6, 6.07) is 0. The van der Waals surface area contributed by atoms with E-state index < -0.39 is 13.0 Å². The van der Waals surface area contributed by atoms with Crippen molar-refractivity contribution in [1.29, 1.82) is 0 Å². The minimum atomic E-state index is -4.58. The van der Waals surface area contributed by atoms with Gasteiger partial charge in [-0.3, -0.25) is 4.74 Å². The molecule has 0 fully saturated rings. The molecule has 0 saturated carbocycles. The van der Waals surface area contributed by atoms with Gasteiger partial charge in [0.25, 0.3) is 0 Å². The summed E-state index contributed by atoms with van der Waals surface area (Å²) < 4.78 is 47.4. The average molecular weight is 237 g/mol. The fourth-order valence-electron chi connectivity index (χ4n) is 0.593. The Morgan fingerprint density at radius 2 is 1.36 bits per heavy atom. The van der Waals surface area contributed by atoms with Crippen molar-refractivity contribution >= 4 is 11.6 Å². The van der Waals surface area contributed by atoms with Gasteiger partial charge in [-0.15, -0.1) is 24.8 Å². The first-order valence-corrected chi connectivity index (χ1v) is 4.52. The van der Waals surface area contributed by atoms with Crippen molar-refractivity contribution in [3.8, 4) is 0 Å². The van der Waals surface area contributed by atoms with Crippen LogP contribution < -0.4 is 0 Å². The first kappa shape index (κ1) is 14.0. The SMILES string of the molecule is FC(F)(F)OCCOCCOCCCl. The van der Waals surface area contributed by atoms with Crippen molar-refractivity contribution in [2.75, 3.05) is 38.9 Å². The van der Waals surface area contributed by atoms with Crippen LogP contribution in [0.2, 0.25) is 0 Å². The van der Waals surface area contributed by atoms with E-state index in [0.717, 1.165) is 0 Å². The summed E-state index contributed by atoms with van der Waals surface area (Å²) in [7, 11) is 0. The van der Waals surface area contributed by atoms with Crippen LogP contribution in [0.5, 0.6) is 0 Å². The molecule has 0 aliphatic carbocycles. The maximum atomic E-state index is 11.4. The molecule has 0 unspecified atom stereocenters. The van der Waals surface area contributed by atoms with Gasteiger partial charge in [-0.05, 0) is 0 Å². The standard InChI is InChI=1S/C7H12ClF3O3/c8-1-2-12-3-4-13-5-6-14-7(9,10)11/h1-6H2. The number of halogens is 4. The van der Waals surface area contributed by atoms with Gasteiger partial charge in [0.2, 0.25) is 0 Å². The van der Waals surface area contributed by atoms with Gasteiger partial charge >= 0.3 is 6.36 Å². The van der Waals surface area contributed by atoms with Crippen molar-refractivity contribution < 1.29 is 27.4 Å². The Morgan fingerprint density at radius 3 is 1.86 bits per heavy atom. The molecule has 0 N–H and O–H groups in total. The predicted octanol–water partition coefficient (Wildman–Crippen LogP) is 1.79. The summed E-state index contributed by atoms with van der Waals surface area (Å²) in [5, 5.41) is 0. The van der Waals surface area contributed by atoms with E-state index in [-0.39, 0.29) is 13.2 Å². The van der Waals surface area contributed by atoms with Crippen molar-refractivity contribution in [1.82, 2.24) is 0 Å². The van der Waals surface area contributed by atoms with Crippen LogP contribution in [0.3, 0.4) is 0 Å². The van der Waals surface area contributed by atoms with Crippen molar-refractivity contribution in [3.63, 3.8) is 0 Å². The lowest BCUT2D eigenvalue weighted by molar-refractivity contribution is -0.327. The molecule has 14 heavy (non-hydrogen) atoms. The largest absolute Gasteiger partial charge is 0.522 e. The van der Waals surface area contributed by atoms with E-state index in [1.807, 2.05) is 0 Å². The Balaban J connectivity index is 2.99. The molecule has 0 amide bonds. The van der Waals surface area contributed by atoms with Gasteiger partial charge in [-0.1, -0.05) is 0 Å². The molecule has 86 valence electrons. The molecule has 0 aromatic carbocycles. The minimum Gasteiger partial charge on any atom is -0.378 e. The van der Waals surface area contributed by atoms with Crippen LogP contribution in [0, 0.1) is 0 Å².